The van der Waals surface area contributed by atoms with Crippen LogP contribution in [0.3, 0.4) is 0 Å². The zero-order chi connectivity index (χ0) is 24.8. The van der Waals surface area contributed by atoms with Crippen LogP contribution in [0, 0.1) is 0 Å². The van der Waals surface area contributed by atoms with Crippen molar-refractivity contribution in [1.82, 2.24) is 10.2 Å². The molecule has 2 aromatic carbocycles. The fraction of sp³-hybridized carbons (Fsp3) is 0.370. The Bertz CT molecular complexity index is 1100. The second kappa shape index (κ2) is 11.5. The molecule has 2 heterocycles. The maximum absolute atomic E-state index is 13.1. The molecule has 1 aromatic heterocycles. The van der Waals surface area contributed by atoms with Crippen molar-refractivity contribution in [3.05, 3.63) is 70.4 Å². The van der Waals surface area contributed by atoms with Gasteiger partial charge in [-0.3, -0.25) is 9.69 Å². The lowest BCUT2D eigenvalue weighted by atomic mass is 10.0. The van der Waals surface area contributed by atoms with Crippen LogP contribution in [0.5, 0.6) is 17.2 Å². The first-order valence-electron chi connectivity index (χ1n) is 11.7. The number of piperazine rings is 1. The van der Waals surface area contributed by atoms with Gasteiger partial charge in [-0.05, 0) is 60.8 Å². The number of nitrogens with zero attached hydrogens (tertiary/aromatic N) is 2. The van der Waals surface area contributed by atoms with Crippen LogP contribution < -0.4 is 24.4 Å². The number of rotatable bonds is 9. The summed E-state index contributed by atoms with van der Waals surface area (Å²) in [7, 11) is 4.84. The van der Waals surface area contributed by atoms with Crippen molar-refractivity contribution in [2.45, 2.75) is 19.0 Å². The molecule has 8 heteroatoms. The van der Waals surface area contributed by atoms with Gasteiger partial charge in [-0.15, -0.1) is 11.3 Å². The highest BCUT2D eigenvalue weighted by Crippen LogP contribution is 2.31. The molecule has 1 N–H and O–H groups in total. The predicted octanol–water partition coefficient (Wildman–Crippen LogP) is 4.46. The van der Waals surface area contributed by atoms with Crippen molar-refractivity contribution >= 4 is 22.9 Å². The van der Waals surface area contributed by atoms with Crippen molar-refractivity contribution in [2.75, 3.05) is 52.4 Å². The molecule has 0 unspecified atom stereocenters. The van der Waals surface area contributed by atoms with Crippen LogP contribution in [-0.2, 0) is 0 Å². The van der Waals surface area contributed by atoms with E-state index in [0.29, 0.717) is 17.1 Å². The first-order chi connectivity index (χ1) is 17.0. The number of methoxy groups -OCH3 is 3. The predicted molar refractivity (Wildman–Crippen MR) is 140 cm³/mol. The number of ether oxygens (including phenoxy) is 3. The number of carbonyl (C=O) groups is 1. The van der Waals surface area contributed by atoms with E-state index in [2.05, 4.69) is 51.7 Å². The molecule has 0 spiro atoms. The molecular formula is C27H33N3O4S. The van der Waals surface area contributed by atoms with Gasteiger partial charge in [-0.1, -0.05) is 6.07 Å². The number of nitrogens with one attached hydrogen (secondary N) is 1. The van der Waals surface area contributed by atoms with Crippen molar-refractivity contribution in [3.63, 3.8) is 0 Å². The number of thiophene rings is 1. The molecule has 1 amide bonds. The fourth-order valence-corrected chi connectivity index (χ4v) is 5.56. The third-order valence-corrected chi connectivity index (χ3v) is 7.40. The van der Waals surface area contributed by atoms with Gasteiger partial charge in [-0.2, -0.15) is 0 Å². The first-order valence-corrected chi connectivity index (χ1v) is 12.6. The fourth-order valence-electron chi connectivity index (χ4n) is 4.60. The summed E-state index contributed by atoms with van der Waals surface area (Å²) in [5.41, 5.74) is 1.75. The zero-order valence-corrected chi connectivity index (χ0v) is 21.5. The van der Waals surface area contributed by atoms with E-state index in [9.17, 15) is 4.79 Å². The average molecular weight is 496 g/mol. The quantitative estimate of drug-likeness (QED) is 0.473. The van der Waals surface area contributed by atoms with E-state index in [1.807, 2.05) is 12.1 Å². The van der Waals surface area contributed by atoms with Gasteiger partial charge in [-0.25, -0.2) is 0 Å². The van der Waals surface area contributed by atoms with Gasteiger partial charge in [0.1, 0.15) is 5.75 Å². The van der Waals surface area contributed by atoms with Crippen molar-refractivity contribution in [1.29, 1.82) is 0 Å². The summed E-state index contributed by atoms with van der Waals surface area (Å²) < 4.78 is 16.0. The van der Waals surface area contributed by atoms with E-state index in [1.54, 1.807) is 50.9 Å². The summed E-state index contributed by atoms with van der Waals surface area (Å²) in [6, 6.07) is 17.7. The summed E-state index contributed by atoms with van der Waals surface area (Å²) in [4.78, 5) is 19.3. The Hall–Kier alpha value is -3.23. The highest BCUT2D eigenvalue weighted by molar-refractivity contribution is 7.10. The topological polar surface area (TPSA) is 63.3 Å². The minimum absolute atomic E-state index is 0.0817. The Kier molecular flexibility index (Phi) is 8.15. The van der Waals surface area contributed by atoms with Gasteiger partial charge < -0.3 is 24.4 Å². The van der Waals surface area contributed by atoms with Crippen LogP contribution in [0.15, 0.2) is 60.0 Å². The van der Waals surface area contributed by atoms with E-state index in [-0.39, 0.29) is 18.0 Å². The molecule has 0 bridgehead atoms. The molecule has 2 atom stereocenters. The van der Waals surface area contributed by atoms with Crippen LogP contribution >= 0.6 is 11.3 Å². The SMILES string of the molecule is COc1ccc(N2CCN([C@H](c3cccs3)[C@H](C)NC(=O)c3ccc(OC)c(OC)c3)CC2)cc1. The summed E-state index contributed by atoms with van der Waals surface area (Å²) in [6.07, 6.45) is 0. The normalized spacial score (nSPS) is 15.8. The number of anilines is 1. The number of amides is 1. The number of benzene rings is 2. The molecule has 3 aromatic rings. The second-order valence-electron chi connectivity index (χ2n) is 8.51. The number of carbonyl (C=O) groups excluding carboxylic acids is 1. The van der Waals surface area contributed by atoms with E-state index < -0.39 is 0 Å². The summed E-state index contributed by atoms with van der Waals surface area (Å²) in [5.74, 6) is 1.88. The number of hydrogen-bond acceptors (Lipinski definition) is 7. The van der Waals surface area contributed by atoms with Crippen molar-refractivity contribution < 1.29 is 19.0 Å². The summed E-state index contributed by atoms with van der Waals surface area (Å²) in [5, 5.41) is 5.32. The Morgan fingerprint density at radius 1 is 0.914 bits per heavy atom. The van der Waals surface area contributed by atoms with Crippen molar-refractivity contribution in [3.8, 4) is 17.2 Å². The molecule has 1 aliphatic rings. The summed E-state index contributed by atoms with van der Waals surface area (Å²) >= 11 is 1.73. The molecule has 0 saturated carbocycles. The van der Waals surface area contributed by atoms with E-state index >= 15 is 0 Å². The maximum Gasteiger partial charge on any atom is 0.251 e. The smallest absolute Gasteiger partial charge is 0.251 e. The second-order valence-corrected chi connectivity index (χ2v) is 9.49. The first kappa shape index (κ1) is 24.9. The largest absolute Gasteiger partial charge is 0.497 e. The Morgan fingerprint density at radius 2 is 1.63 bits per heavy atom. The molecule has 1 aliphatic heterocycles. The molecule has 0 aliphatic carbocycles. The lowest BCUT2D eigenvalue weighted by Gasteiger charge is -2.42. The molecule has 0 radical (unpaired) electrons. The minimum Gasteiger partial charge on any atom is -0.497 e. The third kappa shape index (κ3) is 5.71. The average Bonchev–Trinajstić information content (AvgIpc) is 3.43. The zero-order valence-electron chi connectivity index (χ0n) is 20.7. The summed E-state index contributed by atoms with van der Waals surface area (Å²) in [6.45, 7) is 5.74. The molecule has 4 rings (SSSR count). The van der Waals surface area contributed by atoms with Gasteiger partial charge in [0.15, 0.2) is 11.5 Å². The molecule has 1 saturated heterocycles. The molecule has 35 heavy (non-hydrogen) atoms. The maximum atomic E-state index is 13.1. The molecule has 1 fully saturated rings. The van der Waals surface area contributed by atoms with Crippen LogP contribution in [-0.4, -0.2) is 64.4 Å². The van der Waals surface area contributed by atoms with E-state index in [0.717, 1.165) is 31.9 Å². The van der Waals surface area contributed by atoms with Crippen LogP contribution in [0.25, 0.3) is 0 Å². The Labute approximate surface area is 211 Å². The molecule has 7 nitrogen and oxygen atoms in total. The lowest BCUT2D eigenvalue weighted by Crippen LogP contribution is -2.52. The van der Waals surface area contributed by atoms with Crippen LogP contribution in [0.2, 0.25) is 0 Å². The monoisotopic (exact) mass is 495 g/mol. The molecule has 186 valence electrons. The van der Waals surface area contributed by atoms with Gasteiger partial charge in [0.2, 0.25) is 0 Å². The lowest BCUT2D eigenvalue weighted by molar-refractivity contribution is 0.0890. The Morgan fingerprint density at radius 3 is 2.23 bits per heavy atom. The van der Waals surface area contributed by atoms with Crippen LogP contribution in [0.4, 0.5) is 5.69 Å². The van der Waals surface area contributed by atoms with Gasteiger partial charge >= 0.3 is 0 Å². The highest BCUT2D eigenvalue weighted by atomic mass is 32.1. The van der Waals surface area contributed by atoms with Gasteiger partial charge in [0.25, 0.3) is 5.91 Å². The van der Waals surface area contributed by atoms with Gasteiger partial charge in [0, 0.05) is 48.3 Å². The van der Waals surface area contributed by atoms with E-state index in [1.165, 1.54) is 10.6 Å². The van der Waals surface area contributed by atoms with Crippen LogP contribution in [0.1, 0.15) is 28.2 Å². The van der Waals surface area contributed by atoms with E-state index in [4.69, 9.17) is 14.2 Å². The standard InChI is InChI=1S/C27H33N3O4S/c1-19(28-27(31)20-7-12-23(33-3)24(18-20)34-4)26(25-6-5-17-35-25)30-15-13-29(14-16-30)21-8-10-22(32-2)11-9-21/h5-12,17-19,26H,13-16H2,1-4H3,(H,28,31)/t19-,26-/m0/s1. The third-order valence-electron chi connectivity index (χ3n) is 6.46. The minimum atomic E-state index is -0.128. The molecular weight excluding hydrogens is 462 g/mol. The number of hydrogen-bond donors (Lipinski definition) is 1. The highest BCUT2D eigenvalue weighted by Gasteiger charge is 2.31. The van der Waals surface area contributed by atoms with Gasteiger partial charge in [0.05, 0.1) is 27.4 Å². The Balaban J connectivity index is 1.45. The van der Waals surface area contributed by atoms with Crippen molar-refractivity contribution in [2.24, 2.45) is 0 Å².